The molecular weight excluding hydrogens is 240 g/mol. The van der Waals surface area contributed by atoms with Crippen molar-refractivity contribution in [1.29, 1.82) is 0 Å². The third-order valence-corrected chi connectivity index (χ3v) is 3.48. The van der Waals surface area contributed by atoms with E-state index in [9.17, 15) is 4.79 Å². The maximum Gasteiger partial charge on any atom is 0.227 e. The summed E-state index contributed by atoms with van der Waals surface area (Å²) < 4.78 is 5.08. The Morgan fingerprint density at radius 2 is 2.32 bits per heavy atom. The first kappa shape index (κ1) is 13.9. The number of methoxy groups -OCH3 is 1. The molecular formula is C15H22N2O2. The molecule has 1 aromatic carbocycles. The van der Waals surface area contributed by atoms with Crippen molar-refractivity contribution in [3.8, 4) is 0 Å². The molecule has 1 heterocycles. The molecule has 0 radical (unpaired) electrons. The molecule has 0 aromatic heterocycles. The highest BCUT2D eigenvalue weighted by molar-refractivity contribution is 5.86. The lowest BCUT2D eigenvalue weighted by Crippen LogP contribution is -2.36. The zero-order chi connectivity index (χ0) is 13.7. The van der Waals surface area contributed by atoms with Gasteiger partial charge in [0, 0.05) is 25.9 Å². The highest BCUT2D eigenvalue weighted by Gasteiger charge is 2.25. The number of carbonyl (C=O) groups excluding carboxylic acids is 1. The second kappa shape index (κ2) is 6.57. The van der Waals surface area contributed by atoms with Crippen LogP contribution in [0.15, 0.2) is 24.3 Å². The summed E-state index contributed by atoms with van der Waals surface area (Å²) in [5, 5.41) is 6.36. The van der Waals surface area contributed by atoms with Crippen LogP contribution in [0.2, 0.25) is 0 Å². The summed E-state index contributed by atoms with van der Waals surface area (Å²) >= 11 is 0. The predicted molar refractivity (Wildman–Crippen MR) is 76.3 cm³/mol. The first-order chi connectivity index (χ1) is 9.22. The third kappa shape index (κ3) is 3.47. The first-order valence-electron chi connectivity index (χ1n) is 6.81. The van der Waals surface area contributed by atoms with Gasteiger partial charge in [0.2, 0.25) is 5.91 Å². The van der Waals surface area contributed by atoms with Crippen LogP contribution in [0.4, 0.5) is 5.69 Å². The van der Waals surface area contributed by atoms with Gasteiger partial charge in [-0.05, 0) is 24.0 Å². The van der Waals surface area contributed by atoms with E-state index in [4.69, 9.17) is 4.74 Å². The Balaban J connectivity index is 1.97. The Hall–Kier alpha value is -1.55. The number of para-hydroxylation sites is 1. The average molecular weight is 262 g/mol. The van der Waals surface area contributed by atoms with Crippen molar-refractivity contribution in [3.05, 3.63) is 29.8 Å². The van der Waals surface area contributed by atoms with Crippen LogP contribution in [-0.2, 0) is 9.53 Å². The summed E-state index contributed by atoms with van der Waals surface area (Å²) in [5.41, 5.74) is 2.18. The van der Waals surface area contributed by atoms with Gasteiger partial charge in [0.05, 0.1) is 12.5 Å². The van der Waals surface area contributed by atoms with Crippen molar-refractivity contribution >= 4 is 11.6 Å². The molecule has 4 heteroatoms. The van der Waals surface area contributed by atoms with E-state index in [1.54, 1.807) is 7.11 Å². The van der Waals surface area contributed by atoms with Crippen LogP contribution in [0.3, 0.4) is 0 Å². The van der Waals surface area contributed by atoms with Crippen molar-refractivity contribution in [2.45, 2.75) is 19.3 Å². The highest BCUT2D eigenvalue weighted by atomic mass is 16.5. The molecule has 2 unspecified atom stereocenters. The lowest BCUT2D eigenvalue weighted by Gasteiger charge is -2.26. The molecule has 2 N–H and O–H groups in total. The van der Waals surface area contributed by atoms with E-state index in [1.165, 1.54) is 0 Å². The van der Waals surface area contributed by atoms with E-state index >= 15 is 0 Å². The summed E-state index contributed by atoms with van der Waals surface area (Å²) in [7, 11) is 1.68. The summed E-state index contributed by atoms with van der Waals surface area (Å²) in [6.07, 6.45) is 0.849. The Labute approximate surface area is 114 Å². The van der Waals surface area contributed by atoms with E-state index in [-0.39, 0.29) is 11.8 Å². The largest absolute Gasteiger partial charge is 0.385 e. The normalized spacial score (nSPS) is 19.2. The standard InChI is InChI=1S/C15H22N2O2/c1-11(10-19-2)9-17-15(18)13-7-8-16-14-6-4-3-5-12(13)14/h3-6,11,13,16H,7-10H2,1-2H3,(H,17,18). The van der Waals surface area contributed by atoms with Crippen LogP contribution < -0.4 is 10.6 Å². The minimum absolute atomic E-state index is 0.0350. The number of fused-ring (bicyclic) bond motifs is 1. The van der Waals surface area contributed by atoms with Gasteiger partial charge in [0.1, 0.15) is 0 Å². The highest BCUT2D eigenvalue weighted by Crippen LogP contribution is 2.31. The van der Waals surface area contributed by atoms with Crippen LogP contribution in [0, 0.1) is 5.92 Å². The second-order valence-electron chi connectivity index (χ2n) is 5.16. The minimum atomic E-state index is -0.0350. The molecule has 0 aliphatic carbocycles. The zero-order valence-corrected chi connectivity index (χ0v) is 11.6. The number of amides is 1. The van der Waals surface area contributed by atoms with Gasteiger partial charge >= 0.3 is 0 Å². The Morgan fingerprint density at radius 1 is 1.53 bits per heavy atom. The Morgan fingerprint density at radius 3 is 3.11 bits per heavy atom. The lowest BCUT2D eigenvalue weighted by molar-refractivity contribution is -0.122. The van der Waals surface area contributed by atoms with E-state index in [2.05, 4.69) is 17.6 Å². The summed E-state index contributed by atoms with van der Waals surface area (Å²) in [4.78, 5) is 12.3. The monoisotopic (exact) mass is 262 g/mol. The zero-order valence-electron chi connectivity index (χ0n) is 11.6. The number of hydrogen-bond donors (Lipinski definition) is 2. The fourth-order valence-corrected chi connectivity index (χ4v) is 2.48. The SMILES string of the molecule is COCC(C)CNC(=O)C1CCNc2ccccc21. The molecule has 0 saturated heterocycles. The van der Waals surface area contributed by atoms with Crippen LogP contribution >= 0.6 is 0 Å². The smallest absolute Gasteiger partial charge is 0.227 e. The fraction of sp³-hybridized carbons (Fsp3) is 0.533. The van der Waals surface area contributed by atoms with Gasteiger partial charge in [0.15, 0.2) is 0 Å². The summed E-state index contributed by atoms with van der Waals surface area (Å²) in [6.45, 7) is 4.25. The molecule has 19 heavy (non-hydrogen) atoms. The molecule has 1 aliphatic rings. The van der Waals surface area contributed by atoms with E-state index in [0.29, 0.717) is 19.1 Å². The number of anilines is 1. The molecule has 1 amide bonds. The number of carbonyl (C=O) groups is 1. The first-order valence-corrected chi connectivity index (χ1v) is 6.81. The van der Waals surface area contributed by atoms with Gasteiger partial charge in [-0.2, -0.15) is 0 Å². The molecule has 0 spiro atoms. The van der Waals surface area contributed by atoms with E-state index in [0.717, 1.165) is 24.2 Å². The topological polar surface area (TPSA) is 50.4 Å². The molecule has 2 rings (SSSR count). The number of benzene rings is 1. The molecule has 2 atom stereocenters. The second-order valence-corrected chi connectivity index (χ2v) is 5.16. The van der Waals surface area contributed by atoms with Gasteiger partial charge < -0.3 is 15.4 Å². The van der Waals surface area contributed by atoms with Gasteiger partial charge in [-0.15, -0.1) is 0 Å². The molecule has 1 aliphatic heterocycles. The molecule has 0 fully saturated rings. The van der Waals surface area contributed by atoms with E-state index in [1.807, 2.05) is 24.3 Å². The van der Waals surface area contributed by atoms with E-state index < -0.39 is 0 Å². The Bertz CT molecular complexity index is 434. The molecule has 0 bridgehead atoms. The third-order valence-electron chi connectivity index (χ3n) is 3.48. The van der Waals surface area contributed by atoms with Crippen LogP contribution in [-0.4, -0.2) is 32.7 Å². The van der Waals surface area contributed by atoms with Crippen molar-refractivity contribution in [3.63, 3.8) is 0 Å². The molecule has 0 saturated carbocycles. The molecule has 104 valence electrons. The maximum absolute atomic E-state index is 12.3. The number of nitrogens with one attached hydrogen (secondary N) is 2. The quantitative estimate of drug-likeness (QED) is 0.853. The number of hydrogen-bond acceptors (Lipinski definition) is 3. The minimum Gasteiger partial charge on any atom is -0.385 e. The average Bonchev–Trinajstić information content (AvgIpc) is 2.44. The van der Waals surface area contributed by atoms with Crippen molar-refractivity contribution < 1.29 is 9.53 Å². The van der Waals surface area contributed by atoms with Crippen LogP contribution in [0.1, 0.15) is 24.8 Å². The van der Waals surface area contributed by atoms with Gasteiger partial charge in [-0.1, -0.05) is 25.1 Å². The van der Waals surface area contributed by atoms with Crippen LogP contribution in [0.5, 0.6) is 0 Å². The van der Waals surface area contributed by atoms with Crippen LogP contribution in [0.25, 0.3) is 0 Å². The summed E-state index contributed by atoms with van der Waals surface area (Å²) in [5.74, 6) is 0.426. The molecule has 4 nitrogen and oxygen atoms in total. The fourth-order valence-electron chi connectivity index (χ4n) is 2.48. The Kier molecular flexibility index (Phi) is 4.80. The van der Waals surface area contributed by atoms with Gasteiger partial charge in [-0.25, -0.2) is 0 Å². The predicted octanol–water partition coefficient (Wildman–Crippen LogP) is 1.98. The summed E-state index contributed by atoms with van der Waals surface area (Å²) in [6, 6.07) is 8.04. The van der Waals surface area contributed by atoms with Gasteiger partial charge in [-0.3, -0.25) is 4.79 Å². The van der Waals surface area contributed by atoms with Crippen molar-refractivity contribution in [2.75, 3.05) is 32.1 Å². The molecule has 1 aromatic rings. The lowest BCUT2D eigenvalue weighted by atomic mass is 9.90. The number of ether oxygens (including phenoxy) is 1. The van der Waals surface area contributed by atoms with Gasteiger partial charge in [0.25, 0.3) is 0 Å². The van der Waals surface area contributed by atoms with Crippen molar-refractivity contribution in [1.82, 2.24) is 5.32 Å². The number of rotatable bonds is 5. The maximum atomic E-state index is 12.3. The van der Waals surface area contributed by atoms with Crippen molar-refractivity contribution in [2.24, 2.45) is 5.92 Å².